The van der Waals surface area contributed by atoms with Crippen LogP contribution in [0.15, 0.2) is 36.4 Å². The number of benzene rings is 2. The van der Waals surface area contributed by atoms with Crippen LogP contribution in [0.5, 0.6) is 11.5 Å². The molecule has 5 nitrogen and oxygen atoms in total. The zero-order valence-corrected chi connectivity index (χ0v) is 14.6. The molecule has 2 aliphatic heterocycles. The highest BCUT2D eigenvalue weighted by Gasteiger charge is 2.29. The molecule has 0 aliphatic carbocycles. The van der Waals surface area contributed by atoms with Crippen molar-refractivity contribution in [1.29, 1.82) is 0 Å². The molecule has 27 heavy (non-hydrogen) atoms. The van der Waals surface area contributed by atoms with E-state index in [4.69, 9.17) is 9.47 Å². The number of piperidine rings is 1. The van der Waals surface area contributed by atoms with Gasteiger partial charge < -0.3 is 20.1 Å². The van der Waals surface area contributed by atoms with E-state index >= 15 is 0 Å². The molecule has 2 aliphatic rings. The highest BCUT2D eigenvalue weighted by molar-refractivity contribution is 5.95. The fourth-order valence-corrected chi connectivity index (χ4v) is 3.59. The van der Waals surface area contributed by atoms with Crippen molar-refractivity contribution >= 4 is 5.91 Å². The van der Waals surface area contributed by atoms with E-state index in [-0.39, 0.29) is 17.9 Å². The molecule has 2 aromatic rings. The number of hydrogen-bond acceptors (Lipinski definition) is 4. The fourth-order valence-electron chi connectivity index (χ4n) is 3.59. The van der Waals surface area contributed by atoms with Crippen molar-refractivity contribution in [2.24, 2.45) is 0 Å². The van der Waals surface area contributed by atoms with E-state index in [1.807, 2.05) is 0 Å². The van der Waals surface area contributed by atoms with Gasteiger partial charge in [-0.05, 0) is 48.9 Å². The van der Waals surface area contributed by atoms with Crippen molar-refractivity contribution in [3.8, 4) is 11.5 Å². The first kappa shape index (κ1) is 17.7. The zero-order chi connectivity index (χ0) is 18.8. The summed E-state index contributed by atoms with van der Waals surface area (Å²) in [5.41, 5.74) is 1.15. The molecule has 0 spiro atoms. The molecule has 1 saturated heterocycles. The number of carbonyl (C=O) groups is 1. The molecular weight excluding hydrogens is 354 g/mol. The number of carbonyl (C=O) groups excluding carboxylic acids is 1. The Kier molecular flexibility index (Phi) is 4.94. The zero-order valence-electron chi connectivity index (χ0n) is 14.6. The Hall–Kier alpha value is -2.67. The summed E-state index contributed by atoms with van der Waals surface area (Å²) < 4.78 is 37.9. The monoisotopic (exact) mass is 374 g/mol. The van der Waals surface area contributed by atoms with E-state index in [1.165, 1.54) is 6.07 Å². The molecular formula is C20H20F2N2O3. The van der Waals surface area contributed by atoms with Gasteiger partial charge in [-0.3, -0.25) is 4.79 Å². The average molecular weight is 374 g/mol. The van der Waals surface area contributed by atoms with Gasteiger partial charge in [0.15, 0.2) is 23.1 Å². The van der Waals surface area contributed by atoms with E-state index in [0.717, 1.165) is 19.0 Å². The lowest BCUT2D eigenvalue weighted by Gasteiger charge is -2.33. The summed E-state index contributed by atoms with van der Waals surface area (Å²) in [4.78, 5) is 12.7. The van der Waals surface area contributed by atoms with Crippen molar-refractivity contribution in [1.82, 2.24) is 10.6 Å². The number of halogens is 2. The standard InChI is InChI=1S/C20H20F2N2O3/c21-15-3-1-12(9-16(15)22)14-5-6-23-11-17(14)24-20(25)13-2-4-18-19(10-13)27-8-7-26-18/h1-4,9-10,14,17,23H,5-8,11H2,(H,24,25). The van der Waals surface area contributed by atoms with Gasteiger partial charge in [-0.15, -0.1) is 0 Å². The SMILES string of the molecule is O=C(NC1CNCCC1c1ccc(F)c(F)c1)c1ccc2c(c1)OCCO2. The number of hydrogen-bond donors (Lipinski definition) is 2. The minimum absolute atomic E-state index is 0.0949. The minimum atomic E-state index is -0.872. The predicted molar refractivity (Wildman–Crippen MR) is 95.3 cm³/mol. The third-order valence-corrected chi connectivity index (χ3v) is 4.97. The lowest BCUT2D eigenvalue weighted by atomic mass is 9.85. The minimum Gasteiger partial charge on any atom is -0.486 e. The van der Waals surface area contributed by atoms with E-state index in [1.54, 1.807) is 24.3 Å². The van der Waals surface area contributed by atoms with Crippen LogP contribution in [0.3, 0.4) is 0 Å². The van der Waals surface area contributed by atoms with Crippen LogP contribution in [0.2, 0.25) is 0 Å². The number of amides is 1. The maximum atomic E-state index is 13.6. The van der Waals surface area contributed by atoms with Crippen molar-refractivity contribution in [3.63, 3.8) is 0 Å². The van der Waals surface area contributed by atoms with Crippen LogP contribution in [0, 0.1) is 11.6 Å². The molecule has 1 fully saturated rings. The van der Waals surface area contributed by atoms with Gasteiger partial charge in [0, 0.05) is 24.1 Å². The molecule has 2 heterocycles. The Bertz CT molecular complexity index is 859. The Morgan fingerprint density at radius 1 is 1.04 bits per heavy atom. The van der Waals surface area contributed by atoms with Gasteiger partial charge in [0.1, 0.15) is 13.2 Å². The Labute approximate surface area is 155 Å². The largest absolute Gasteiger partial charge is 0.486 e. The number of nitrogens with one attached hydrogen (secondary N) is 2. The molecule has 2 unspecified atom stereocenters. The lowest BCUT2D eigenvalue weighted by molar-refractivity contribution is 0.0923. The van der Waals surface area contributed by atoms with Crippen molar-refractivity contribution < 1.29 is 23.0 Å². The van der Waals surface area contributed by atoms with Gasteiger partial charge >= 0.3 is 0 Å². The molecule has 7 heteroatoms. The Balaban J connectivity index is 1.52. The third-order valence-electron chi connectivity index (χ3n) is 4.97. The van der Waals surface area contributed by atoms with E-state index in [9.17, 15) is 13.6 Å². The summed E-state index contributed by atoms with van der Waals surface area (Å²) in [7, 11) is 0. The maximum absolute atomic E-state index is 13.6. The summed E-state index contributed by atoms with van der Waals surface area (Å²) in [5, 5.41) is 6.25. The molecule has 0 aromatic heterocycles. The van der Waals surface area contributed by atoms with Crippen LogP contribution in [-0.2, 0) is 0 Å². The summed E-state index contributed by atoms with van der Waals surface area (Å²) in [5.74, 6) is -0.909. The van der Waals surface area contributed by atoms with Crippen LogP contribution in [0.1, 0.15) is 28.3 Å². The summed E-state index contributed by atoms with van der Waals surface area (Å²) >= 11 is 0. The second-order valence-corrected chi connectivity index (χ2v) is 6.71. The molecule has 0 saturated carbocycles. The predicted octanol–water partition coefficient (Wildman–Crippen LogP) is 2.61. The van der Waals surface area contributed by atoms with Gasteiger partial charge in [0.05, 0.1) is 0 Å². The summed E-state index contributed by atoms with van der Waals surface area (Å²) in [6, 6.07) is 8.76. The molecule has 142 valence electrons. The van der Waals surface area contributed by atoms with E-state index in [0.29, 0.717) is 42.4 Å². The summed E-state index contributed by atoms with van der Waals surface area (Å²) in [6.45, 7) is 2.24. The van der Waals surface area contributed by atoms with Crippen molar-refractivity contribution in [3.05, 3.63) is 59.2 Å². The first-order valence-corrected chi connectivity index (χ1v) is 8.98. The Morgan fingerprint density at radius 3 is 2.67 bits per heavy atom. The van der Waals surface area contributed by atoms with Crippen LogP contribution < -0.4 is 20.1 Å². The number of rotatable bonds is 3. The number of fused-ring (bicyclic) bond motifs is 1. The van der Waals surface area contributed by atoms with Crippen LogP contribution in [-0.4, -0.2) is 38.3 Å². The molecule has 1 amide bonds. The average Bonchev–Trinajstić information content (AvgIpc) is 2.70. The Morgan fingerprint density at radius 2 is 1.85 bits per heavy atom. The first-order chi connectivity index (χ1) is 13.1. The molecule has 0 bridgehead atoms. The van der Waals surface area contributed by atoms with Gasteiger partial charge in [0.25, 0.3) is 5.91 Å². The van der Waals surface area contributed by atoms with Gasteiger partial charge in [-0.25, -0.2) is 8.78 Å². The van der Waals surface area contributed by atoms with Crippen LogP contribution in [0.4, 0.5) is 8.78 Å². The van der Waals surface area contributed by atoms with E-state index in [2.05, 4.69) is 10.6 Å². The second kappa shape index (κ2) is 7.52. The quantitative estimate of drug-likeness (QED) is 0.867. The first-order valence-electron chi connectivity index (χ1n) is 8.98. The molecule has 2 N–H and O–H groups in total. The maximum Gasteiger partial charge on any atom is 0.251 e. The smallest absolute Gasteiger partial charge is 0.251 e. The lowest BCUT2D eigenvalue weighted by Crippen LogP contribution is -2.50. The van der Waals surface area contributed by atoms with Gasteiger partial charge in [-0.2, -0.15) is 0 Å². The number of ether oxygens (including phenoxy) is 2. The third kappa shape index (κ3) is 3.73. The fraction of sp³-hybridized carbons (Fsp3) is 0.350. The van der Waals surface area contributed by atoms with Gasteiger partial charge in [-0.1, -0.05) is 6.07 Å². The van der Waals surface area contributed by atoms with E-state index < -0.39 is 11.6 Å². The van der Waals surface area contributed by atoms with Gasteiger partial charge in [0.2, 0.25) is 0 Å². The topological polar surface area (TPSA) is 59.6 Å². The van der Waals surface area contributed by atoms with Crippen LogP contribution in [0.25, 0.3) is 0 Å². The van der Waals surface area contributed by atoms with Crippen LogP contribution >= 0.6 is 0 Å². The van der Waals surface area contributed by atoms with Crippen molar-refractivity contribution in [2.45, 2.75) is 18.4 Å². The van der Waals surface area contributed by atoms with Crippen molar-refractivity contribution in [2.75, 3.05) is 26.3 Å². The summed E-state index contributed by atoms with van der Waals surface area (Å²) in [6.07, 6.45) is 0.719. The molecule has 4 rings (SSSR count). The second-order valence-electron chi connectivity index (χ2n) is 6.71. The molecule has 0 radical (unpaired) electrons. The highest BCUT2D eigenvalue weighted by Crippen LogP contribution is 2.31. The molecule has 2 aromatic carbocycles. The highest BCUT2D eigenvalue weighted by atomic mass is 19.2. The normalized spacial score (nSPS) is 21.6. The molecule has 2 atom stereocenters.